The normalized spacial score (nSPS) is 17.6. The van der Waals surface area contributed by atoms with E-state index in [9.17, 15) is 4.79 Å². The Morgan fingerprint density at radius 1 is 1.19 bits per heavy atom. The Kier molecular flexibility index (Phi) is 6.47. The molecule has 0 bridgehead atoms. The van der Waals surface area contributed by atoms with Gasteiger partial charge in [-0.05, 0) is 57.4 Å². The minimum atomic E-state index is -0.141. The summed E-state index contributed by atoms with van der Waals surface area (Å²) in [5, 5.41) is 5.14. The number of carbonyl (C=O) groups excluding carboxylic acids is 1. The summed E-state index contributed by atoms with van der Waals surface area (Å²) in [6, 6.07) is 12.1. The van der Waals surface area contributed by atoms with Gasteiger partial charge in [-0.1, -0.05) is 17.7 Å². The molecule has 1 fully saturated rings. The van der Waals surface area contributed by atoms with Crippen molar-refractivity contribution in [1.82, 2.24) is 0 Å². The first-order chi connectivity index (χ1) is 12.6. The number of quaternary nitrogens is 2. The van der Waals surface area contributed by atoms with Crippen LogP contribution in [0.5, 0.6) is 0 Å². The summed E-state index contributed by atoms with van der Waals surface area (Å²) >= 11 is 0. The van der Waals surface area contributed by atoms with Crippen molar-refractivity contribution in [3.8, 4) is 0 Å². The molecule has 2 atom stereocenters. The molecule has 0 radical (unpaired) electrons. The fourth-order valence-electron chi connectivity index (χ4n) is 3.67. The number of hydrogen-bond acceptors (Lipinski definition) is 2. The van der Waals surface area contributed by atoms with E-state index in [-0.39, 0.29) is 11.9 Å². The SMILES string of the molecule is Cc1ccc(NC(=O)[C@@H](C)[NH2+]C[C@H](c2ccco2)[NH+]2CCCCC2)cc1. The molecule has 1 aliphatic rings. The number of likely N-dealkylation sites (tertiary alicyclic amines) is 1. The smallest absolute Gasteiger partial charge is 0.282 e. The first-order valence-corrected chi connectivity index (χ1v) is 9.72. The number of nitrogens with two attached hydrogens (primary N) is 1. The largest absolute Gasteiger partial charge is 0.463 e. The highest BCUT2D eigenvalue weighted by molar-refractivity contribution is 5.93. The maximum absolute atomic E-state index is 12.5. The number of furan rings is 1. The van der Waals surface area contributed by atoms with Gasteiger partial charge < -0.3 is 20.0 Å². The second kappa shape index (κ2) is 9.01. The van der Waals surface area contributed by atoms with E-state index in [2.05, 4.69) is 16.7 Å². The van der Waals surface area contributed by atoms with Crippen LogP contribution >= 0.6 is 0 Å². The van der Waals surface area contributed by atoms with Crippen LogP contribution in [0.4, 0.5) is 5.69 Å². The van der Waals surface area contributed by atoms with Crippen molar-refractivity contribution >= 4 is 11.6 Å². The number of hydrogen-bond donors (Lipinski definition) is 3. The van der Waals surface area contributed by atoms with Crippen LogP contribution in [-0.2, 0) is 4.79 Å². The zero-order valence-corrected chi connectivity index (χ0v) is 15.8. The Morgan fingerprint density at radius 3 is 2.58 bits per heavy atom. The van der Waals surface area contributed by atoms with Gasteiger partial charge in [0.2, 0.25) is 0 Å². The highest BCUT2D eigenvalue weighted by Gasteiger charge is 2.31. The molecule has 3 rings (SSSR count). The van der Waals surface area contributed by atoms with Gasteiger partial charge in [0.05, 0.1) is 19.4 Å². The molecule has 0 saturated carbocycles. The summed E-state index contributed by atoms with van der Waals surface area (Å²) in [5.74, 6) is 1.07. The van der Waals surface area contributed by atoms with Gasteiger partial charge in [0.25, 0.3) is 5.91 Å². The molecule has 1 amide bonds. The first kappa shape index (κ1) is 18.7. The van der Waals surface area contributed by atoms with Crippen LogP contribution in [0.25, 0.3) is 0 Å². The second-order valence-electron chi connectivity index (χ2n) is 7.40. The Balaban J connectivity index is 1.57. The predicted octanol–water partition coefficient (Wildman–Crippen LogP) is 1.29. The van der Waals surface area contributed by atoms with Crippen LogP contribution in [0.2, 0.25) is 0 Å². The molecule has 1 aromatic heterocycles. The van der Waals surface area contributed by atoms with Gasteiger partial charge in [-0.2, -0.15) is 0 Å². The molecule has 2 heterocycles. The lowest BCUT2D eigenvalue weighted by Crippen LogP contribution is -3.16. The molecule has 2 aromatic rings. The van der Waals surface area contributed by atoms with Crippen molar-refractivity contribution < 1.29 is 19.4 Å². The molecule has 1 saturated heterocycles. The highest BCUT2D eigenvalue weighted by Crippen LogP contribution is 2.11. The fourth-order valence-corrected chi connectivity index (χ4v) is 3.67. The van der Waals surface area contributed by atoms with Crippen molar-refractivity contribution in [2.45, 2.75) is 45.2 Å². The molecule has 1 aliphatic heterocycles. The summed E-state index contributed by atoms with van der Waals surface area (Å²) in [7, 11) is 0. The summed E-state index contributed by atoms with van der Waals surface area (Å²) in [5.41, 5.74) is 2.04. The second-order valence-corrected chi connectivity index (χ2v) is 7.40. The number of rotatable bonds is 7. The molecule has 1 aromatic carbocycles. The number of piperidine rings is 1. The molecule has 4 N–H and O–H groups in total. The van der Waals surface area contributed by atoms with Gasteiger partial charge in [-0.25, -0.2) is 0 Å². The van der Waals surface area contributed by atoms with E-state index in [0.717, 1.165) is 18.0 Å². The van der Waals surface area contributed by atoms with Gasteiger partial charge in [-0.3, -0.25) is 4.79 Å². The molecule has 0 spiro atoms. The summed E-state index contributed by atoms with van der Waals surface area (Å²) in [4.78, 5) is 14.1. The third-order valence-electron chi connectivity index (χ3n) is 5.33. The van der Waals surface area contributed by atoms with Crippen molar-refractivity contribution in [1.29, 1.82) is 0 Å². The first-order valence-electron chi connectivity index (χ1n) is 9.72. The zero-order chi connectivity index (χ0) is 18.4. The Labute approximate surface area is 155 Å². The van der Waals surface area contributed by atoms with Crippen LogP contribution in [0, 0.1) is 6.92 Å². The predicted molar refractivity (Wildman–Crippen MR) is 102 cm³/mol. The average Bonchev–Trinajstić information content (AvgIpc) is 3.19. The zero-order valence-electron chi connectivity index (χ0n) is 15.8. The van der Waals surface area contributed by atoms with Crippen LogP contribution in [0.1, 0.15) is 43.6 Å². The van der Waals surface area contributed by atoms with E-state index in [1.54, 1.807) is 11.2 Å². The minimum absolute atomic E-state index is 0.0423. The van der Waals surface area contributed by atoms with Crippen LogP contribution < -0.4 is 15.5 Å². The van der Waals surface area contributed by atoms with E-state index in [1.807, 2.05) is 44.2 Å². The summed E-state index contributed by atoms with van der Waals surface area (Å²) in [6.45, 7) is 7.23. The number of nitrogens with one attached hydrogen (secondary N) is 2. The van der Waals surface area contributed by atoms with Crippen LogP contribution in [0.3, 0.4) is 0 Å². The number of benzene rings is 1. The molecule has 140 valence electrons. The molecule has 0 unspecified atom stereocenters. The fraction of sp³-hybridized carbons (Fsp3) is 0.476. The van der Waals surface area contributed by atoms with Gasteiger partial charge >= 0.3 is 0 Å². The lowest BCUT2D eigenvalue weighted by atomic mass is 10.1. The highest BCUT2D eigenvalue weighted by atomic mass is 16.3. The molecule has 26 heavy (non-hydrogen) atoms. The maximum Gasteiger partial charge on any atom is 0.282 e. The van der Waals surface area contributed by atoms with Crippen molar-refractivity contribution in [2.75, 3.05) is 25.0 Å². The van der Waals surface area contributed by atoms with Gasteiger partial charge in [0.1, 0.15) is 6.54 Å². The number of anilines is 1. The van der Waals surface area contributed by atoms with Crippen molar-refractivity contribution in [3.05, 3.63) is 54.0 Å². The van der Waals surface area contributed by atoms with E-state index < -0.39 is 0 Å². The standard InChI is InChI=1S/C21H29N3O2/c1-16-8-10-18(11-9-16)23-21(25)17(2)22-15-19(20-7-6-14-26-20)24-12-4-3-5-13-24/h6-11,14,17,19,22H,3-5,12-13,15H2,1-2H3,(H,23,25)/p+2/t17-,19-/m1/s1. The lowest BCUT2D eigenvalue weighted by molar-refractivity contribution is -0.951. The number of aryl methyl sites for hydroxylation is 1. The summed E-state index contributed by atoms with van der Waals surface area (Å²) in [6.07, 6.45) is 5.62. The van der Waals surface area contributed by atoms with Crippen molar-refractivity contribution in [3.63, 3.8) is 0 Å². The Hall–Kier alpha value is -2.11. The molecular formula is C21H31N3O2+2. The number of carbonyl (C=O) groups is 1. The van der Waals surface area contributed by atoms with E-state index in [4.69, 9.17) is 4.42 Å². The topological polar surface area (TPSA) is 63.3 Å². The third-order valence-corrected chi connectivity index (χ3v) is 5.33. The van der Waals surface area contributed by atoms with Gasteiger partial charge in [0.15, 0.2) is 17.8 Å². The van der Waals surface area contributed by atoms with Crippen molar-refractivity contribution in [2.24, 2.45) is 0 Å². The molecule has 5 heteroatoms. The van der Waals surface area contributed by atoms with Gasteiger partial charge in [0, 0.05) is 5.69 Å². The van der Waals surface area contributed by atoms with Crippen LogP contribution in [-0.4, -0.2) is 31.6 Å². The average molecular weight is 357 g/mol. The number of amides is 1. The summed E-state index contributed by atoms with van der Waals surface area (Å²) < 4.78 is 5.71. The van der Waals surface area contributed by atoms with E-state index in [0.29, 0.717) is 6.04 Å². The van der Waals surface area contributed by atoms with E-state index in [1.165, 1.54) is 37.9 Å². The maximum atomic E-state index is 12.5. The van der Waals surface area contributed by atoms with Gasteiger partial charge in [-0.15, -0.1) is 0 Å². The lowest BCUT2D eigenvalue weighted by Gasteiger charge is -2.29. The Bertz CT molecular complexity index is 676. The molecule has 0 aliphatic carbocycles. The van der Waals surface area contributed by atoms with Crippen LogP contribution in [0.15, 0.2) is 47.1 Å². The Morgan fingerprint density at radius 2 is 1.92 bits per heavy atom. The minimum Gasteiger partial charge on any atom is -0.463 e. The molecule has 5 nitrogen and oxygen atoms in total. The monoisotopic (exact) mass is 357 g/mol. The quantitative estimate of drug-likeness (QED) is 0.699. The molecular weight excluding hydrogens is 326 g/mol. The van der Waals surface area contributed by atoms with E-state index >= 15 is 0 Å². The third kappa shape index (κ3) is 4.96.